The van der Waals surface area contributed by atoms with Crippen molar-refractivity contribution in [2.24, 2.45) is 10.2 Å². The van der Waals surface area contributed by atoms with Crippen LogP contribution in [0.15, 0.2) is 83.2 Å². The van der Waals surface area contributed by atoms with Gasteiger partial charge >= 0.3 is 11.6 Å². The number of hydrogen-bond donors (Lipinski definition) is 0. The van der Waals surface area contributed by atoms with Gasteiger partial charge in [0.2, 0.25) is 11.8 Å². The number of anilines is 2. The van der Waals surface area contributed by atoms with Gasteiger partial charge in [-0.15, -0.1) is 0 Å². The summed E-state index contributed by atoms with van der Waals surface area (Å²) in [7, 11) is 0. The molecule has 3 aromatic rings. The number of carbonyl (C=O) groups excluding carboxylic acids is 2. The number of carbonyl (C=O) groups is 2. The summed E-state index contributed by atoms with van der Waals surface area (Å²) in [5.74, 6) is 0.416. The molecule has 0 saturated carbocycles. The number of benzene rings is 2. The van der Waals surface area contributed by atoms with Crippen LogP contribution in [-0.4, -0.2) is 94.4 Å². The number of rotatable bonds is 21. The molecule has 4 rings (SSSR count). The van der Waals surface area contributed by atoms with Crippen LogP contribution in [-0.2, 0) is 9.59 Å². The number of guanidine groups is 1. The van der Waals surface area contributed by atoms with Gasteiger partial charge in [-0.2, -0.15) is 0 Å². The first-order chi connectivity index (χ1) is 25.8. The van der Waals surface area contributed by atoms with Crippen molar-refractivity contribution >= 4 is 46.3 Å². The molecule has 13 nitrogen and oxygen atoms in total. The third-order valence-electron chi connectivity index (χ3n) is 9.27. The summed E-state index contributed by atoms with van der Waals surface area (Å²) in [4.78, 5) is 51.6. The second kappa shape index (κ2) is 21.4. The average Bonchev–Trinajstić information content (AvgIpc) is 3.61. The number of hydrogen-bond acceptors (Lipinski definition) is 9. The Hall–Kier alpha value is -5.20. The van der Waals surface area contributed by atoms with E-state index >= 15 is 0 Å². The zero-order valence-electron chi connectivity index (χ0n) is 31.9. The molecule has 13 heteroatoms. The summed E-state index contributed by atoms with van der Waals surface area (Å²) < 4.78 is 2.02. The van der Waals surface area contributed by atoms with Crippen molar-refractivity contribution in [2.45, 2.75) is 79.1 Å². The van der Waals surface area contributed by atoms with Crippen molar-refractivity contribution in [1.82, 2.24) is 14.8 Å². The van der Waals surface area contributed by atoms with Crippen LogP contribution in [0.4, 0.5) is 28.6 Å². The predicted molar refractivity (Wildman–Crippen MR) is 210 cm³/mol. The lowest BCUT2D eigenvalue weighted by molar-refractivity contribution is -0.429. The number of azo groups is 1. The molecule has 1 aromatic heterocycles. The van der Waals surface area contributed by atoms with Gasteiger partial charge in [0.1, 0.15) is 30.3 Å². The van der Waals surface area contributed by atoms with Crippen LogP contribution < -0.4 is 9.80 Å². The number of amides is 2. The van der Waals surface area contributed by atoms with Crippen molar-refractivity contribution < 1.29 is 19.1 Å². The average molecular weight is 727 g/mol. The molecule has 0 bridgehead atoms. The van der Waals surface area contributed by atoms with Crippen LogP contribution in [0.25, 0.3) is 0 Å². The smallest absolute Gasteiger partial charge is 0.341 e. The fraction of sp³-hybridized carbons (Fsp3) is 0.500. The topological polar surface area (TPSA) is 131 Å². The van der Waals surface area contributed by atoms with E-state index in [0.29, 0.717) is 45.2 Å². The molecular formula is C40H56N9O4+. The Morgan fingerprint density at radius 2 is 1.30 bits per heavy atom. The first kappa shape index (κ1) is 40.6. The maximum atomic E-state index is 13.8. The summed E-state index contributed by atoms with van der Waals surface area (Å²) in [6.07, 6.45) is 8.53. The molecule has 0 fully saturated rings. The van der Waals surface area contributed by atoms with Crippen LogP contribution in [0, 0.1) is 10.1 Å². The van der Waals surface area contributed by atoms with E-state index in [2.05, 4.69) is 42.9 Å². The summed E-state index contributed by atoms with van der Waals surface area (Å²) >= 11 is 0. The van der Waals surface area contributed by atoms with Gasteiger partial charge in [0.05, 0.1) is 30.3 Å². The zero-order chi connectivity index (χ0) is 38.0. The lowest BCUT2D eigenvalue weighted by atomic mass is 10.2. The molecule has 0 atom stereocenters. The minimum absolute atomic E-state index is 0.0307. The molecule has 1 aliphatic heterocycles. The van der Waals surface area contributed by atoms with Gasteiger partial charge < -0.3 is 14.7 Å². The molecule has 284 valence electrons. The van der Waals surface area contributed by atoms with Crippen molar-refractivity contribution in [1.29, 1.82) is 0 Å². The summed E-state index contributed by atoms with van der Waals surface area (Å²) in [5.41, 5.74) is 1.50. The van der Waals surface area contributed by atoms with E-state index < -0.39 is 4.92 Å². The quantitative estimate of drug-likeness (QED) is 0.0471. The second-order valence-corrected chi connectivity index (χ2v) is 13.3. The molecule has 0 aliphatic carbocycles. The molecule has 2 amide bonds. The van der Waals surface area contributed by atoms with Gasteiger partial charge in [-0.3, -0.25) is 19.7 Å². The molecule has 1 aliphatic rings. The molecule has 53 heavy (non-hydrogen) atoms. The van der Waals surface area contributed by atoms with Crippen molar-refractivity contribution in [3.05, 3.63) is 83.0 Å². The van der Waals surface area contributed by atoms with E-state index in [1.165, 1.54) is 12.3 Å². The summed E-state index contributed by atoms with van der Waals surface area (Å²) in [5, 5.41) is 21.6. The minimum Gasteiger partial charge on any atom is -0.341 e. The Bertz CT molecular complexity index is 1630. The van der Waals surface area contributed by atoms with E-state index in [1.807, 2.05) is 79.9 Å². The van der Waals surface area contributed by atoms with E-state index in [9.17, 15) is 19.7 Å². The number of pyridine rings is 1. The number of aromatic nitrogens is 1. The molecule has 0 saturated heterocycles. The van der Waals surface area contributed by atoms with Crippen LogP contribution in [0.3, 0.4) is 0 Å². The molecule has 0 N–H and O–H groups in total. The first-order valence-electron chi connectivity index (χ1n) is 19.2. The van der Waals surface area contributed by atoms with E-state index in [0.717, 1.165) is 62.7 Å². The predicted octanol–water partition coefficient (Wildman–Crippen LogP) is 7.96. The number of para-hydroxylation sites is 2. The third-order valence-corrected chi connectivity index (χ3v) is 9.27. The Balaban J connectivity index is 1.72. The SMILES string of the molecule is CCCCN(CCCC)C(=O)CN(CC(=O)N(CCCC)CCCC)c1cc([N+](=O)[O-])c(N=NC2=[N+](c3ccccc3)CCN2c2ccccc2)cn1. The normalized spacial score (nSPS) is 12.8. The van der Waals surface area contributed by atoms with Crippen LogP contribution >= 0.6 is 0 Å². The molecule has 0 unspecified atom stereocenters. The number of nitro groups is 1. The van der Waals surface area contributed by atoms with Crippen LogP contribution in [0.2, 0.25) is 0 Å². The molecule has 0 radical (unpaired) electrons. The van der Waals surface area contributed by atoms with E-state index in [-0.39, 0.29) is 42.1 Å². The second-order valence-electron chi connectivity index (χ2n) is 13.3. The highest BCUT2D eigenvalue weighted by Crippen LogP contribution is 2.31. The molecule has 0 spiro atoms. The van der Waals surface area contributed by atoms with Crippen molar-refractivity contribution in [3.63, 3.8) is 0 Å². The molecular weight excluding hydrogens is 670 g/mol. The zero-order valence-corrected chi connectivity index (χ0v) is 31.9. The Kier molecular flexibility index (Phi) is 16.3. The minimum atomic E-state index is -0.520. The number of unbranched alkanes of at least 4 members (excludes halogenated alkanes) is 4. The first-order valence-corrected chi connectivity index (χ1v) is 19.2. The van der Waals surface area contributed by atoms with Gasteiger partial charge in [0.25, 0.3) is 0 Å². The standard InChI is InChI=1S/C40H56N9O4/c1-5-9-23-44(24-10-6-2)38(50)31-46(32-39(51)45(25-11-7-3)26-12-8-4)37-29-36(49(52)53)35(30-41-37)42-43-40-47(33-19-15-13-16-20-33)27-28-48(40)34-21-17-14-18-22-34/h13-22,29-30H,5-12,23-28,31-32H2,1-4H3/q+1. The van der Waals surface area contributed by atoms with Crippen molar-refractivity contribution in [3.8, 4) is 0 Å². The third kappa shape index (κ3) is 11.6. The van der Waals surface area contributed by atoms with E-state index in [1.54, 1.807) is 4.90 Å². The highest BCUT2D eigenvalue weighted by Gasteiger charge is 2.34. The summed E-state index contributed by atoms with van der Waals surface area (Å²) in [6, 6.07) is 20.9. The molecule has 2 aromatic carbocycles. The Morgan fingerprint density at radius 3 is 1.79 bits per heavy atom. The Morgan fingerprint density at radius 1 is 0.792 bits per heavy atom. The van der Waals surface area contributed by atoms with Crippen molar-refractivity contribution in [2.75, 3.05) is 62.2 Å². The van der Waals surface area contributed by atoms with Gasteiger partial charge in [-0.1, -0.05) is 94.9 Å². The highest BCUT2D eigenvalue weighted by atomic mass is 16.6. The fourth-order valence-corrected chi connectivity index (χ4v) is 6.14. The van der Waals surface area contributed by atoms with Gasteiger partial charge in [0, 0.05) is 31.3 Å². The largest absolute Gasteiger partial charge is 0.422 e. The van der Waals surface area contributed by atoms with Crippen LogP contribution in [0.1, 0.15) is 79.1 Å². The van der Waals surface area contributed by atoms with Gasteiger partial charge in [0.15, 0.2) is 5.69 Å². The van der Waals surface area contributed by atoms with Crippen LogP contribution in [0.5, 0.6) is 0 Å². The maximum absolute atomic E-state index is 13.8. The lowest BCUT2D eigenvalue weighted by Crippen LogP contribution is -2.46. The highest BCUT2D eigenvalue weighted by molar-refractivity contribution is 5.95. The van der Waals surface area contributed by atoms with Gasteiger partial charge in [-0.25, -0.2) is 14.5 Å². The van der Waals surface area contributed by atoms with Gasteiger partial charge in [-0.05, 0) is 49.9 Å². The van der Waals surface area contributed by atoms with E-state index in [4.69, 9.17) is 0 Å². The lowest BCUT2D eigenvalue weighted by Gasteiger charge is -2.30. The molecule has 2 heterocycles. The monoisotopic (exact) mass is 726 g/mol. The fourth-order valence-electron chi connectivity index (χ4n) is 6.14. The Labute approximate surface area is 314 Å². The maximum Gasteiger partial charge on any atom is 0.422 e. The summed E-state index contributed by atoms with van der Waals surface area (Å²) in [6.45, 7) is 11.8. The number of nitrogens with zero attached hydrogens (tertiary/aromatic N) is 9.